The van der Waals surface area contributed by atoms with E-state index in [2.05, 4.69) is 10.3 Å². The van der Waals surface area contributed by atoms with Crippen LogP contribution in [-0.4, -0.2) is 78.3 Å². The number of fused-ring (bicyclic) bond motifs is 1. The number of nitrogens with zero attached hydrogens (tertiary/aromatic N) is 4. The Morgan fingerprint density at radius 2 is 2.19 bits per heavy atom. The van der Waals surface area contributed by atoms with Crippen LogP contribution < -0.4 is 5.32 Å². The van der Waals surface area contributed by atoms with Crippen LogP contribution in [-0.2, 0) is 16.0 Å². The number of imide groups is 1. The molecule has 2 aliphatic heterocycles. The summed E-state index contributed by atoms with van der Waals surface area (Å²) in [5.41, 5.74) is 0. The summed E-state index contributed by atoms with van der Waals surface area (Å²) in [4.78, 5) is 44.9. The van der Waals surface area contributed by atoms with E-state index in [1.807, 2.05) is 17.0 Å². The number of likely N-dealkylation sites (N-methyl/N-ethyl adjacent to an activating group) is 2. The highest BCUT2D eigenvalue weighted by Gasteiger charge is 2.48. The number of aliphatic imine (C=N–C) groups is 1. The molecule has 9 heteroatoms. The SMILES string of the molecule is CN1C(=O)C2C(N=CN2CCCC(=O)NCCc2ccco2)N(C)C1=O.[HH]. The molecule has 1 aromatic rings. The minimum atomic E-state index is -0.510. The summed E-state index contributed by atoms with van der Waals surface area (Å²) < 4.78 is 5.21. The number of hydrogen-bond acceptors (Lipinski definition) is 6. The third-order valence-corrected chi connectivity index (χ3v) is 4.67. The van der Waals surface area contributed by atoms with E-state index in [1.165, 1.54) is 11.9 Å². The van der Waals surface area contributed by atoms with Gasteiger partial charge in [0.15, 0.2) is 12.2 Å². The minimum Gasteiger partial charge on any atom is -0.469 e. The van der Waals surface area contributed by atoms with Crippen molar-refractivity contribution < 1.29 is 20.2 Å². The fourth-order valence-corrected chi connectivity index (χ4v) is 3.19. The molecule has 142 valence electrons. The predicted octanol–water partition coefficient (Wildman–Crippen LogP) is 0.527. The normalized spacial score (nSPS) is 22.2. The van der Waals surface area contributed by atoms with Crippen molar-refractivity contribution in [1.82, 2.24) is 20.0 Å². The molecule has 1 saturated heterocycles. The standard InChI is InChI=1S/C17H23N5O4.H2/c1-20-15-14(16(24)21(2)17(20)25)22(11-19-15)9-3-6-13(23)18-8-7-12-5-4-10-26-12;/h4-5,10-11,14-15H,3,6-9H2,1-2H3,(H,18,23);1H. The molecule has 0 spiro atoms. The van der Waals surface area contributed by atoms with Gasteiger partial charge in [-0.1, -0.05) is 0 Å². The van der Waals surface area contributed by atoms with E-state index >= 15 is 0 Å². The molecule has 2 aliphatic rings. The van der Waals surface area contributed by atoms with Crippen LogP contribution in [0.1, 0.15) is 20.0 Å². The maximum Gasteiger partial charge on any atom is 0.328 e. The number of urea groups is 1. The van der Waals surface area contributed by atoms with Gasteiger partial charge >= 0.3 is 6.03 Å². The molecule has 2 atom stereocenters. The molecule has 0 saturated carbocycles. The summed E-state index contributed by atoms with van der Waals surface area (Å²) in [5, 5.41) is 2.85. The number of nitrogens with one attached hydrogen (secondary N) is 1. The number of rotatable bonds is 7. The van der Waals surface area contributed by atoms with Gasteiger partial charge in [-0.15, -0.1) is 0 Å². The zero-order valence-electron chi connectivity index (χ0n) is 14.9. The Balaban J connectivity index is 0.00000261. The van der Waals surface area contributed by atoms with E-state index in [0.717, 1.165) is 10.7 Å². The summed E-state index contributed by atoms with van der Waals surface area (Å²) in [6, 6.07) is 2.82. The fraction of sp³-hybridized carbons (Fsp3) is 0.529. The van der Waals surface area contributed by atoms with Gasteiger partial charge < -0.3 is 19.5 Å². The molecule has 0 radical (unpaired) electrons. The van der Waals surface area contributed by atoms with Crippen molar-refractivity contribution in [2.24, 2.45) is 4.99 Å². The first-order valence-corrected chi connectivity index (χ1v) is 8.61. The van der Waals surface area contributed by atoms with Gasteiger partial charge in [0.1, 0.15) is 5.76 Å². The molecular formula is C17H25N5O4. The number of carbonyl (C=O) groups is 3. The molecule has 9 nitrogen and oxygen atoms in total. The number of furan rings is 1. The van der Waals surface area contributed by atoms with Crippen LogP contribution in [0.15, 0.2) is 27.8 Å². The van der Waals surface area contributed by atoms with E-state index in [-0.39, 0.29) is 19.3 Å². The van der Waals surface area contributed by atoms with Crippen LogP contribution in [0.25, 0.3) is 0 Å². The fourth-order valence-electron chi connectivity index (χ4n) is 3.19. The average molecular weight is 363 g/mol. The number of hydrogen-bond donors (Lipinski definition) is 1. The first-order chi connectivity index (χ1) is 12.5. The lowest BCUT2D eigenvalue weighted by atomic mass is 10.1. The Kier molecular flexibility index (Phi) is 5.24. The number of amides is 4. The zero-order chi connectivity index (χ0) is 18.7. The monoisotopic (exact) mass is 363 g/mol. The minimum absolute atomic E-state index is 0. The van der Waals surface area contributed by atoms with E-state index < -0.39 is 12.2 Å². The highest BCUT2D eigenvalue weighted by Crippen LogP contribution is 2.24. The van der Waals surface area contributed by atoms with Crippen LogP contribution in [0.4, 0.5) is 4.79 Å². The van der Waals surface area contributed by atoms with Gasteiger partial charge in [0.25, 0.3) is 5.91 Å². The highest BCUT2D eigenvalue weighted by atomic mass is 16.3. The van der Waals surface area contributed by atoms with E-state index in [4.69, 9.17) is 4.42 Å². The van der Waals surface area contributed by atoms with Crippen LogP contribution in [0.3, 0.4) is 0 Å². The van der Waals surface area contributed by atoms with Crippen molar-refractivity contribution in [1.29, 1.82) is 0 Å². The zero-order valence-corrected chi connectivity index (χ0v) is 14.9. The molecule has 26 heavy (non-hydrogen) atoms. The molecule has 1 aromatic heterocycles. The van der Waals surface area contributed by atoms with E-state index in [1.54, 1.807) is 19.6 Å². The highest BCUT2D eigenvalue weighted by molar-refractivity contribution is 6.01. The van der Waals surface area contributed by atoms with Gasteiger partial charge in [-0.3, -0.25) is 14.5 Å². The van der Waals surface area contributed by atoms with Crippen molar-refractivity contribution in [3.05, 3.63) is 24.2 Å². The van der Waals surface area contributed by atoms with E-state index in [9.17, 15) is 14.4 Å². The Morgan fingerprint density at radius 3 is 2.92 bits per heavy atom. The van der Waals surface area contributed by atoms with Crippen molar-refractivity contribution in [3.8, 4) is 0 Å². The summed E-state index contributed by atoms with van der Waals surface area (Å²) in [6.45, 7) is 1.05. The third kappa shape index (κ3) is 3.56. The Hall–Kier alpha value is -2.84. The lowest BCUT2D eigenvalue weighted by molar-refractivity contribution is -0.136. The summed E-state index contributed by atoms with van der Waals surface area (Å²) in [5.74, 6) is 0.533. The van der Waals surface area contributed by atoms with Crippen molar-refractivity contribution >= 4 is 24.2 Å². The van der Waals surface area contributed by atoms with Gasteiger partial charge in [0.05, 0.1) is 12.6 Å². The Labute approximate surface area is 153 Å². The molecule has 3 heterocycles. The second-order valence-electron chi connectivity index (χ2n) is 6.43. The molecule has 1 fully saturated rings. The van der Waals surface area contributed by atoms with Crippen LogP contribution in [0.5, 0.6) is 0 Å². The molecular weight excluding hydrogens is 338 g/mol. The molecule has 3 rings (SSSR count). The molecule has 0 aliphatic carbocycles. The van der Waals surface area contributed by atoms with E-state index in [0.29, 0.717) is 32.4 Å². The van der Waals surface area contributed by atoms with Crippen molar-refractivity contribution in [2.45, 2.75) is 31.5 Å². The average Bonchev–Trinajstić information content (AvgIpc) is 3.28. The Bertz CT molecular complexity index is 708. The van der Waals surface area contributed by atoms with Crippen molar-refractivity contribution in [3.63, 3.8) is 0 Å². The Morgan fingerprint density at radius 1 is 1.38 bits per heavy atom. The van der Waals surface area contributed by atoms with Crippen molar-refractivity contribution in [2.75, 3.05) is 27.2 Å². The first-order valence-electron chi connectivity index (χ1n) is 8.61. The molecule has 0 bridgehead atoms. The van der Waals surface area contributed by atoms with Crippen LogP contribution in [0.2, 0.25) is 0 Å². The van der Waals surface area contributed by atoms with Gasteiger partial charge in [0, 0.05) is 41.5 Å². The van der Waals surface area contributed by atoms with Crippen LogP contribution in [0, 0.1) is 0 Å². The largest absolute Gasteiger partial charge is 0.469 e. The lowest BCUT2D eigenvalue weighted by Gasteiger charge is -2.39. The second-order valence-corrected chi connectivity index (χ2v) is 6.43. The molecule has 0 aromatic carbocycles. The molecule has 1 N–H and O–H groups in total. The lowest BCUT2D eigenvalue weighted by Crippen LogP contribution is -2.63. The van der Waals surface area contributed by atoms with Gasteiger partial charge in [-0.05, 0) is 18.6 Å². The third-order valence-electron chi connectivity index (χ3n) is 4.67. The quantitative estimate of drug-likeness (QED) is 0.762. The topological polar surface area (TPSA) is 98.5 Å². The molecule has 2 unspecified atom stereocenters. The maximum atomic E-state index is 12.4. The summed E-state index contributed by atoms with van der Waals surface area (Å²) >= 11 is 0. The van der Waals surface area contributed by atoms with Gasteiger partial charge in [-0.25, -0.2) is 9.79 Å². The van der Waals surface area contributed by atoms with Gasteiger partial charge in [-0.2, -0.15) is 0 Å². The first kappa shape index (κ1) is 18.0. The summed E-state index contributed by atoms with van der Waals surface area (Å²) in [6.07, 6.45) is 4.33. The smallest absolute Gasteiger partial charge is 0.328 e. The predicted molar refractivity (Wildman–Crippen MR) is 95.5 cm³/mol. The van der Waals surface area contributed by atoms with Gasteiger partial charge in [0.2, 0.25) is 5.91 Å². The molecule has 4 amide bonds. The van der Waals surface area contributed by atoms with Crippen LogP contribution >= 0.6 is 0 Å². The summed E-state index contributed by atoms with van der Waals surface area (Å²) in [7, 11) is 3.11. The number of carbonyl (C=O) groups excluding carboxylic acids is 3. The second kappa shape index (κ2) is 7.59. The maximum absolute atomic E-state index is 12.4.